The lowest BCUT2D eigenvalue weighted by atomic mass is 10.0. The summed E-state index contributed by atoms with van der Waals surface area (Å²) in [5.41, 5.74) is 0. The fourth-order valence-corrected chi connectivity index (χ4v) is 9.70. The van der Waals surface area contributed by atoms with Gasteiger partial charge in [-0.15, -0.1) is 0 Å². The van der Waals surface area contributed by atoms with Crippen molar-refractivity contribution in [2.24, 2.45) is 0 Å². The Labute approximate surface area is 478 Å². The summed E-state index contributed by atoms with van der Waals surface area (Å²) in [4.78, 5) is 38.2. The topological polar surface area (TPSA) is 78.9 Å². The summed E-state index contributed by atoms with van der Waals surface area (Å²) in [6, 6.07) is 0. The number of carbonyl (C=O) groups excluding carboxylic acids is 3. The van der Waals surface area contributed by atoms with Gasteiger partial charge in [0.1, 0.15) is 13.2 Å². The Morgan fingerprint density at radius 2 is 0.506 bits per heavy atom. The Hall–Kier alpha value is -3.15. The van der Waals surface area contributed by atoms with Crippen LogP contribution in [0.15, 0.2) is 72.9 Å². The molecule has 0 aromatic heterocycles. The maximum atomic E-state index is 12.9. The average molecular weight is 1080 g/mol. The number of ether oxygens (including phenoxy) is 3. The van der Waals surface area contributed by atoms with Crippen LogP contribution in [0, 0.1) is 0 Å². The number of hydrogen-bond acceptors (Lipinski definition) is 6. The molecule has 0 heterocycles. The summed E-state index contributed by atoms with van der Waals surface area (Å²) >= 11 is 0. The molecule has 446 valence electrons. The largest absolute Gasteiger partial charge is 0.462 e. The van der Waals surface area contributed by atoms with Gasteiger partial charge in [0.15, 0.2) is 6.10 Å². The van der Waals surface area contributed by atoms with Crippen molar-refractivity contribution in [2.45, 2.75) is 348 Å². The standard InChI is InChI=1S/C71H126O6/c1-4-7-10-13-16-19-21-23-25-27-29-30-31-32-33-34-35-36-37-38-39-40-42-43-45-47-49-52-55-58-61-64-70(73)76-67-68(66-75-69(72)63-60-57-54-51-18-15-12-9-6-3)77-71(74)65-62-59-56-53-50-48-46-44-41-28-26-24-22-20-17-14-11-8-5-2/h8,11,17,20,24,26-27,29,41,44,48,50,68H,4-7,9-10,12-16,18-19,21-23,25,28,30-40,42-43,45-47,49,51-67H2,1-3H3/b11-8-,20-17-,26-24-,29-27-,44-41-,50-48-. The van der Waals surface area contributed by atoms with Gasteiger partial charge in [-0.25, -0.2) is 0 Å². The lowest BCUT2D eigenvalue weighted by Crippen LogP contribution is -2.30. The fourth-order valence-electron chi connectivity index (χ4n) is 9.70. The van der Waals surface area contributed by atoms with Crippen LogP contribution in [0.3, 0.4) is 0 Å². The SMILES string of the molecule is CC/C=C\C/C=C\C/C=C\C/C=C\C/C=C\CCCCCC(=O)OC(COC(=O)CCCCCCCCCCC)COC(=O)CCCCCCCCCCCCCCCCCCCCC/C=C\CCCCCCCCCC. The van der Waals surface area contributed by atoms with Crippen molar-refractivity contribution >= 4 is 17.9 Å². The molecule has 0 aliphatic rings. The number of allylic oxidation sites excluding steroid dienone is 12. The second-order valence-electron chi connectivity index (χ2n) is 22.4. The summed E-state index contributed by atoms with van der Waals surface area (Å²) in [5.74, 6) is -0.906. The first kappa shape index (κ1) is 73.8. The first-order chi connectivity index (χ1) is 38.0. The van der Waals surface area contributed by atoms with Gasteiger partial charge in [0.05, 0.1) is 0 Å². The van der Waals surface area contributed by atoms with Crippen molar-refractivity contribution in [3.63, 3.8) is 0 Å². The maximum Gasteiger partial charge on any atom is 0.306 e. The van der Waals surface area contributed by atoms with Crippen LogP contribution in [0.4, 0.5) is 0 Å². The molecule has 0 saturated carbocycles. The van der Waals surface area contributed by atoms with Gasteiger partial charge in [-0.2, -0.15) is 0 Å². The highest BCUT2D eigenvalue weighted by Crippen LogP contribution is 2.17. The molecule has 1 atom stereocenters. The van der Waals surface area contributed by atoms with Gasteiger partial charge in [-0.1, -0.05) is 306 Å². The molecular formula is C71H126O6. The van der Waals surface area contributed by atoms with Crippen molar-refractivity contribution in [3.8, 4) is 0 Å². The zero-order valence-electron chi connectivity index (χ0n) is 51.2. The van der Waals surface area contributed by atoms with Crippen LogP contribution in [0.5, 0.6) is 0 Å². The molecule has 0 aliphatic carbocycles. The Morgan fingerprint density at radius 3 is 0.818 bits per heavy atom. The first-order valence-electron chi connectivity index (χ1n) is 33.4. The lowest BCUT2D eigenvalue weighted by Gasteiger charge is -2.18. The predicted octanol–water partition coefficient (Wildman–Crippen LogP) is 22.9. The summed E-state index contributed by atoms with van der Waals surface area (Å²) in [5, 5.41) is 0. The number of esters is 3. The van der Waals surface area contributed by atoms with Crippen LogP contribution in [-0.4, -0.2) is 37.2 Å². The van der Waals surface area contributed by atoms with E-state index in [2.05, 4.69) is 93.7 Å². The molecule has 6 nitrogen and oxygen atoms in total. The van der Waals surface area contributed by atoms with Gasteiger partial charge in [0.2, 0.25) is 0 Å². The quantitative estimate of drug-likeness (QED) is 0.0261. The van der Waals surface area contributed by atoms with Gasteiger partial charge >= 0.3 is 17.9 Å². The van der Waals surface area contributed by atoms with E-state index in [1.165, 1.54) is 205 Å². The Morgan fingerprint density at radius 1 is 0.273 bits per heavy atom. The van der Waals surface area contributed by atoms with Gasteiger partial charge < -0.3 is 14.2 Å². The van der Waals surface area contributed by atoms with Gasteiger partial charge in [0.25, 0.3) is 0 Å². The van der Waals surface area contributed by atoms with Crippen LogP contribution in [-0.2, 0) is 28.6 Å². The Balaban J connectivity index is 4.13. The Kier molecular flexibility index (Phi) is 62.7. The van der Waals surface area contributed by atoms with Crippen LogP contribution in [0.25, 0.3) is 0 Å². The Bertz CT molecular complexity index is 1420. The minimum atomic E-state index is -0.790. The van der Waals surface area contributed by atoms with Crippen molar-refractivity contribution in [1.82, 2.24) is 0 Å². The van der Waals surface area contributed by atoms with Crippen molar-refractivity contribution in [1.29, 1.82) is 0 Å². The second-order valence-corrected chi connectivity index (χ2v) is 22.4. The molecule has 1 unspecified atom stereocenters. The molecule has 0 aliphatic heterocycles. The summed E-state index contributed by atoms with van der Waals surface area (Å²) in [7, 11) is 0. The highest BCUT2D eigenvalue weighted by molar-refractivity contribution is 5.71. The summed E-state index contributed by atoms with van der Waals surface area (Å²) in [6.45, 7) is 6.52. The van der Waals surface area contributed by atoms with E-state index in [4.69, 9.17) is 14.2 Å². The highest BCUT2D eigenvalue weighted by atomic mass is 16.6. The molecule has 0 bridgehead atoms. The van der Waals surface area contributed by atoms with Crippen LogP contribution >= 0.6 is 0 Å². The average Bonchev–Trinajstić information content (AvgIpc) is 3.43. The highest BCUT2D eigenvalue weighted by Gasteiger charge is 2.19. The molecule has 0 amide bonds. The minimum Gasteiger partial charge on any atom is -0.462 e. The molecule has 0 radical (unpaired) electrons. The van der Waals surface area contributed by atoms with Crippen molar-refractivity contribution < 1.29 is 28.6 Å². The second kappa shape index (κ2) is 65.4. The van der Waals surface area contributed by atoms with Crippen LogP contribution < -0.4 is 0 Å². The van der Waals surface area contributed by atoms with E-state index in [0.717, 1.165) is 96.3 Å². The summed E-state index contributed by atoms with van der Waals surface area (Å²) in [6.07, 6.45) is 85.2. The first-order valence-corrected chi connectivity index (χ1v) is 33.4. The third-order valence-electron chi connectivity index (χ3n) is 14.7. The van der Waals surface area contributed by atoms with E-state index in [9.17, 15) is 14.4 Å². The number of rotatable bonds is 61. The number of hydrogen-bond donors (Lipinski definition) is 0. The molecule has 77 heavy (non-hydrogen) atoms. The smallest absolute Gasteiger partial charge is 0.306 e. The van der Waals surface area contributed by atoms with Gasteiger partial charge in [-0.05, 0) is 89.9 Å². The van der Waals surface area contributed by atoms with E-state index < -0.39 is 6.10 Å². The normalized spacial score (nSPS) is 12.5. The van der Waals surface area contributed by atoms with E-state index in [1.807, 2.05) is 0 Å². The fraction of sp³-hybridized carbons (Fsp3) is 0.789. The molecule has 0 spiro atoms. The zero-order valence-corrected chi connectivity index (χ0v) is 51.2. The molecule has 0 rings (SSSR count). The molecule has 0 aromatic rings. The lowest BCUT2D eigenvalue weighted by molar-refractivity contribution is -0.167. The van der Waals surface area contributed by atoms with Crippen LogP contribution in [0.2, 0.25) is 0 Å². The molecule has 0 saturated heterocycles. The maximum absolute atomic E-state index is 12.9. The number of unbranched alkanes of at least 4 members (excludes halogenated alkanes) is 38. The molecule has 0 fully saturated rings. The molecule has 6 heteroatoms. The third kappa shape index (κ3) is 63.6. The van der Waals surface area contributed by atoms with Crippen molar-refractivity contribution in [3.05, 3.63) is 72.9 Å². The van der Waals surface area contributed by atoms with E-state index >= 15 is 0 Å². The molecular weight excluding hydrogens is 949 g/mol. The van der Waals surface area contributed by atoms with Crippen LogP contribution in [0.1, 0.15) is 342 Å². The predicted molar refractivity (Wildman–Crippen MR) is 335 cm³/mol. The van der Waals surface area contributed by atoms with E-state index in [-0.39, 0.29) is 31.1 Å². The molecule has 0 aromatic carbocycles. The van der Waals surface area contributed by atoms with Gasteiger partial charge in [0, 0.05) is 19.3 Å². The van der Waals surface area contributed by atoms with Gasteiger partial charge in [-0.3, -0.25) is 14.4 Å². The monoisotopic (exact) mass is 1070 g/mol. The minimum absolute atomic E-state index is 0.0853. The van der Waals surface area contributed by atoms with Crippen molar-refractivity contribution in [2.75, 3.05) is 13.2 Å². The van der Waals surface area contributed by atoms with E-state index in [1.54, 1.807) is 0 Å². The zero-order chi connectivity index (χ0) is 55.7. The third-order valence-corrected chi connectivity index (χ3v) is 14.7. The molecule has 0 N–H and O–H groups in total. The number of carbonyl (C=O) groups is 3. The van der Waals surface area contributed by atoms with E-state index in [0.29, 0.717) is 19.3 Å². The summed E-state index contributed by atoms with van der Waals surface area (Å²) < 4.78 is 16.9.